The van der Waals surface area contributed by atoms with Crippen LogP contribution in [0.15, 0.2) is 18.2 Å². The fourth-order valence-corrected chi connectivity index (χ4v) is 2.28. The van der Waals surface area contributed by atoms with E-state index in [-0.39, 0.29) is 6.42 Å². The predicted octanol–water partition coefficient (Wildman–Crippen LogP) is 3.48. The first kappa shape index (κ1) is 12.1. The summed E-state index contributed by atoms with van der Waals surface area (Å²) in [5.74, 6) is -0.923. The van der Waals surface area contributed by atoms with E-state index in [2.05, 4.69) is 4.98 Å². The molecule has 0 aliphatic rings. The minimum Gasteiger partial charge on any atom is -0.481 e. The zero-order valence-corrected chi connectivity index (χ0v) is 10.5. The van der Waals surface area contributed by atoms with Gasteiger partial charge in [0.05, 0.1) is 17.0 Å². The van der Waals surface area contributed by atoms with Crippen molar-refractivity contribution in [2.24, 2.45) is 0 Å². The van der Waals surface area contributed by atoms with Gasteiger partial charge in [0, 0.05) is 16.1 Å². The maximum absolute atomic E-state index is 10.8. The van der Waals surface area contributed by atoms with Gasteiger partial charge in [0.1, 0.15) is 0 Å². The van der Waals surface area contributed by atoms with Gasteiger partial charge in [-0.25, -0.2) is 0 Å². The fourth-order valence-electron chi connectivity index (χ4n) is 1.74. The van der Waals surface area contributed by atoms with Crippen LogP contribution in [0.2, 0.25) is 10.0 Å². The highest BCUT2D eigenvalue weighted by atomic mass is 35.5. The Morgan fingerprint density at radius 1 is 1.35 bits per heavy atom. The van der Waals surface area contributed by atoms with Gasteiger partial charge in [-0.3, -0.25) is 9.78 Å². The van der Waals surface area contributed by atoms with Crippen molar-refractivity contribution < 1.29 is 9.90 Å². The number of hydrogen-bond donors (Lipinski definition) is 1. The van der Waals surface area contributed by atoms with Crippen LogP contribution in [0.3, 0.4) is 0 Å². The van der Waals surface area contributed by atoms with Crippen LogP contribution in [-0.2, 0) is 11.2 Å². The lowest BCUT2D eigenvalue weighted by atomic mass is 10.1. The monoisotopic (exact) mass is 269 g/mol. The van der Waals surface area contributed by atoms with E-state index < -0.39 is 5.97 Å². The van der Waals surface area contributed by atoms with E-state index in [1.54, 1.807) is 18.2 Å². The van der Waals surface area contributed by atoms with Crippen LogP contribution >= 0.6 is 23.2 Å². The number of carboxylic acid groups (broad SMARTS) is 1. The van der Waals surface area contributed by atoms with E-state index in [9.17, 15) is 4.79 Å². The average Bonchev–Trinajstić information content (AvgIpc) is 2.19. The molecule has 0 saturated heterocycles. The van der Waals surface area contributed by atoms with Crippen molar-refractivity contribution in [1.82, 2.24) is 4.98 Å². The third-order valence-electron chi connectivity index (χ3n) is 2.38. The lowest BCUT2D eigenvalue weighted by Gasteiger charge is -2.07. The van der Waals surface area contributed by atoms with Crippen LogP contribution in [0, 0.1) is 6.92 Å². The number of fused-ring (bicyclic) bond motifs is 1. The molecule has 88 valence electrons. The molecule has 0 saturated carbocycles. The zero-order valence-electron chi connectivity index (χ0n) is 9.00. The molecular formula is C12H9Cl2NO2. The first-order valence-corrected chi connectivity index (χ1v) is 5.70. The van der Waals surface area contributed by atoms with Crippen molar-refractivity contribution in [2.75, 3.05) is 0 Å². The molecule has 0 fully saturated rings. The standard InChI is InChI=1S/C12H9Cl2NO2/c1-6-2-10(14)9-5-8(13)3-7(4-11(16)17)12(9)15-6/h2-3,5H,4H2,1H3,(H,16,17). The van der Waals surface area contributed by atoms with Crippen LogP contribution in [-0.4, -0.2) is 16.1 Å². The van der Waals surface area contributed by atoms with Gasteiger partial charge in [-0.1, -0.05) is 23.2 Å². The number of halogens is 2. The number of carboxylic acids is 1. The Morgan fingerprint density at radius 3 is 2.71 bits per heavy atom. The molecule has 5 heteroatoms. The third kappa shape index (κ3) is 2.51. The molecule has 3 nitrogen and oxygen atoms in total. The topological polar surface area (TPSA) is 50.2 Å². The van der Waals surface area contributed by atoms with Gasteiger partial charge < -0.3 is 5.11 Å². The summed E-state index contributed by atoms with van der Waals surface area (Å²) in [4.78, 5) is 15.1. The van der Waals surface area contributed by atoms with Gasteiger partial charge in [-0.2, -0.15) is 0 Å². The third-order valence-corrected chi connectivity index (χ3v) is 2.91. The van der Waals surface area contributed by atoms with Crippen LogP contribution in [0.25, 0.3) is 10.9 Å². The number of pyridine rings is 1. The number of aliphatic carboxylic acids is 1. The Kier molecular flexibility index (Phi) is 3.22. The zero-order chi connectivity index (χ0) is 12.6. The summed E-state index contributed by atoms with van der Waals surface area (Å²) in [5.41, 5.74) is 1.92. The number of nitrogens with zero attached hydrogens (tertiary/aromatic N) is 1. The molecule has 2 aromatic rings. The Labute approximate surface area is 108 Å². The summed E-state index contributed by atoms with van der Waals surface area (Å²) < 4.78 is 0. The molecule has 0 amide bonds. The van der Waals surface area contributed by atoms with Crippen molar-refractivity contribution in [3.8, 4) is 0 Å². The predicted molar refractivity (Wildman–Crippen MR) is 67.8 cm³/mol. The summed E-state index contributed by atoms with van der Waals surface area (Å²) in [6.07, 6.45) is -0.121. The van der Waals surface area contributed by atoms with Gasteiger partial charge in [-0.15, -0.1) is 0 Å². The second-order valence-corrected chi connectivity index (χ2v) is 4.62. The maximum atomic E-state index is 10.8. The van der Waals surface area contributed by atoms with Gasteiger partial charge in [-0.05, 0) is 30.7 Å². The molecule has 1 N–H and O–H groups in total. The smallest absolute Gasteiger partial charge is 0.307 e. The first-order chi connectivity index (χ1) is 7.97. The lowest BCUT2D eigenvalue weighted by molar-refractivity contribution is -0.136. The molecule has 0 unspecified atom stereocenters. The number of aromatic nitrogens is 1. The van der Waals surface area contributed by atoms with E-state index in [0.29, 0.717) is 26.5 Å². The minimum atomic E-state index is -0.923. The molecular weight excluding hydrogens is 261 g/mol. The van der Waals surface area contributed by atoms with Crippen molar-refractivity contribution in [3.05, 3.63) is 39.5 Å². The number of hydrogen-bond acceptors (Lipinski definition) is 2. The number of carbonyl (C=O) groups is 1. The Balaban J connectivity index is 2.77. The van der Waals surface area contributed by atoms with Gasteiger partial charge in [0.2, 0.25) is 0 Å². The van der Waals surface area contributed by atoms with Crippen molar-refractivity contribution in [3.63, 3.8) is 0 Å². The Hall–Kier alpha value is -1.32. The van der Waals surface area contributed by atoms with E-state index in [0.717, 1.165) is 5.69 Å². The summed E-state index contributed by atoms with van der Waals surface area (Å²) in [6, 6.07) is 5.03. The Morgan fingerprint density at radius 2 is 2.06 bits per heavy atom. The molecule has 0 atom stereocenters. The molecule has 0 aliphatic carbocycles. The maximum Gasteiger partial charge on any atom is 0.307 e. The van der Waals surface area contributed by atoms with E-state index in [4.69, 9.17) is 28.3 Å². The molecule has 1 aromatic heterocycles. The molecule has 0 bridgehead atoms. The number of benzene rings is 1. The highest BCUT2D eigenvalue weighted by Gasteiger charge is 2.11. The highest BCUT2D eigenvalue weighted by molar-refractivity contribution is 6.37. The molecule has 2 rings (SSSR count). The highest BCUT2D eigenvalue weighted by Crippen LogP contribution is 2.29. The van der Waals surface area contributed by atoms with Crippen molar-refractivity contribution in [2.45, 2.75) is 13.3 Å². The second-order valence-electron chi connectivity index (χ2n) is 3.78. The molecule has 1 aromatic carbocycles. The first-order valence-electron chi connectivity index (χ1n) is 4.94. The molecule has 0 radical (unpaired) electrons. The second kappa shape index (κ2) is 4.51. The van der Waals surface area contributed by atoms with E-state index >= 15 is 0 Å². The summed E-state index contributed by atoms with van der Waals surface area (Å²) in [6.45, 7) is 1.81. The summed E-state index contributed by atoms with van der Waals surface area (Å²) in [5, 5.41) is 10.5. The van der Waals surface area contributed by atoms with E-state index in [1.807, 2.05) is 6.92 Å². The molecule has 17 heavy (non-hydrogen) atoms. The SMILES string of the molecule is Cc1cc(Cl)c2cc(Cl)cc(CC(=O)O)c2n1. The average molecular weight is 270 g/mol. The minimum absolute atomic E-state index is 0.121. The number of rotatable bonds is 2. The van der Waals surface area contributed by atoms with Crippen LogP contribution in [0.4, 0.5) is 0 Å². The molecule has 0 aliphatic heterocycles. The van der Waals surface area contributed by atoms with Crippen LogP contribution < -0.4 is 0 Å². The quantitative estimate of drug-likeness (QED) is 0.908. The fraction of sp³-hybridized carbons (Fsp3) is 0.167. The largest absolute Gasteiger partial charge is 0.481 e. The summed E-state index contributed by atoms with van der Waals surface area (Å²) >= 11 is 12.0. The molecule has 1 heterocycles. The molecule has 0 spiro atoms. The normalized spacial score (nSPS) is 10.8. The van der Waals surface area contributed by atoms with Gasteiger partial charge in [0.25, 0.3) is 0 Å². The van der Waals surface area contributed by atoms with Crippen LogP contribution in [0.1, 0.15) is 11.3 Å². The lowest BCUT2D eigenvalue weighted by Crippen LogP contribution is -2.02. The van der Waals surface area contributed by atoms with E-state index in [1.165, 1.54) is 0 Å². The van der Waals surface area contributed by atoms with Gasteiger partial charge >= 0.3 is 5.97 Å². The summed E-state index contributed by atoms with van der Waals surface area (Å²) in [7, 11) is 0. The number of aryl methyl sites for hydroxylation is 1. The Bertz CT molecular complexity index is 611. The van der Waals surface area contributed by atoms with Crippen LogP contribution in [0.5, 0.6) is 0 Å². The van der Waals surface area contributed by atoms with Crippen molar-refractivity contribution in [1.29, 1.82) is 0 Å². The van der Waals surface area contributed by atoms with Gasteiger partial charge in [0.15, 0.2) is 0 Å². The van der Waals surface area contributed by atoms with Crippen molar-refractivity contribution >= 4 is 40.1 Å².